The molecule has 0 aliphatic carbocycles. The fourth-order valence-electron chi connectivity index (χ4n) is 1.70. The number of nitrogens with one attached hydrogen (secondary N) is 1. The number of rotatable bonds is 7. The first kappa shape index (κ1) is 15.4. The summed E-state index contributed by atoms with van der Waals surface area (Å²) in [6.07, 6.45) is 0.437. The maximum atomic E-state index is 13.7. The van der Waals surface area contributed by atoms with Crippen LogP contribution in [0.3, 0.4) is 0 Å². The molecule has 1 amide bonds. The van der Waals surface area contributed by atoms with Crippen LogP contribution in [0.5, 0.6) is 5.75 Å². The van der Waals surface area contributed by atoms with Crippen LogP contribution in [0, 0.1) is 5.82 Å². The van der Waals surface area contributed by atoms with Gasteiger partial charge in [-0.2, -0.15) is 0 Å². The van der Waals surface area contributed by atoms with Crippen molar-refractivity contribution in [1.29, 1.82) is 0 Å². The van der Waals surface area contributed by atoms with Gasteiger partial charge in [-0.15, -0.1) is 0 Å². The van der Waals surface area contributed by atoms with Gasteiger partial charge in [0, 0.05) is 26.6 Å². The molecule has 0 atom stereocenters. The molecule has 0 heterocycles. The van der Waals surface area contributed by atoms with E-state index in [1.165, 1.54) is 6.07 Å². The smallest absolute Gasteiger partial charge is 0.223 e. The van der Waals surface area contributed by atoms with Crippen molar-refractivity contribution in [1.82, 2.24) is 10.2 Å². The van der Waals surface area contributed by atoms with Crippen LogP contribution in [-0.2, 0) is 11.3 Å². The quantitative estimate of drug-likeness (QED) is 0.820. The second-order valence-electron chi connectivity index (χ2n) is 4.30. The zero-order chi connectivity index (χ0) is 14.3. The Morgan fingerprint density at radius 1 is 1.47 bits per heavy atom. The molecule has 0 spiro atoms. The van der Waals surface area contributed by atoms with Crippen LogP contribution in [0.25, 0.3) is 0 Å². The average Bonchev–Trinajstić information content (AvgIpc) is 2.39. The minimum atomic E-state index is -0.393. The molecule has 1 aromatic rings. The Bertz CT molecular complexity index is 424. The number of ether oxygens (including phenoxy) is 1. The molecule has 0 aliphatic rings. The van der Waals surface area contributed by atoms with Gasteiger partial charge in [0.2, 0.25) is 5.91 Å². The number of carbonyl (C=O) groups is 1. The topological polar surface area (TPSA) is 41.6 Å². The standard InChI is InChI=1S/C14H21FN2O2/c1-4-19-13-6-5-11(9-12(13)15)10-17(3)14(18)7-8-16-2/h5-6,9,16H,4,7-8,10H2,1-3H3. The molecule has 0 unspecified atom stereocenters. The Balaban J connectivity index is 2.61. The zero-order valence-corrected chi connectivity index (χ0v) is 11.7. The molecule has 0 saturated heterocycles. The number of nitrogens with zero attached hydrogens (tertiary/aromatic N) is 1. The predicted octanol–water partition coefficient (Wildman–Crippen LogP) is 1.79. The number of hydrogen-bond acceptors (Lipinski definition) is 3. The van der Waals surface area contributed by atoms with Gasteiger partial charge in [-0.1, -0.05) is 6.07 Å². The highest BCUT2D eigenvalue weighted by Gasteiger charge is 2.10. The second-order valence-corrected chi connectivity index (χ2v) is 4.30. The molecule has 4 nitrogen and oxygen atoms in total. The number of amides is 1. The van der Waals surface area contributed by atoms with E-state index in [4.69, 9.17) is 4.74 Å². The summed E-state index contributed by atoms with van der Waals surface area (Å²) in [4.78, 5) is 13.3. The molecular formula is C14H21FN2O2. The van der Waals surface area contributed by atoms with Crippen molar-refractivity contribution in [3.8, 4) is 5.75 Å². The van der Waals surface area contributed by atoms with Crippen LogP contribution in [0.15, 0.2) is 18.2 Å². The predicted molar refractivity (Wildman–Crippen MR) is 72.6 cm³/mol. The number of hydrogen-bond donors (Lipinski definition) is 1. The van der Waals surface area contributed by atoms with E-state index in [9.17, 15) is 9.18 Å². The van der Waals surface area contributed by atoms with E-state index in [1.807, 2.05) is 6.92 Å². The maximum Gasteiger partial charge on any atom is 0.223 e. The molecule has 0 aliphatic heterocycles. The summed E-state index contributed by atoms with van der Waals surface area (Å²) in [5.41, 5.74) is 0.751. The minimum absolute atomic E-state index is 0.0312. The number of carbonyl (C=O) groups excluding carboxylic acids is 1. The van der Waals surface area contributed by atoms with Gasteiger partial charge in [0.1, 0.15) is 0 Å². The van der Waals surface area contributed by atoms with E-state index in [0.29, 0.717) is 26.1 Å². The van der Waals surface area contributed by atoms with E-state index in [2.05, 4.69) is 5.32 Å². The zero-order valence-electron chi connectivity index (χ0n) is 11.7. The number of benzene rings is 1. The normalized spacial score (nSPS) is 10.3. The van der Waals surface area contributed by atoms with E-state index in [1.54, 1.807) is 31.1 Å². The Labute approximate surface area is 113 Å². The van der Waals surface area contributed by atoms with Crippen molar-refractivity contribution in [2.75, 3.05) is 27.2 Å². The van der Waals surface area contributed by atoms with Crippen molar-refractivity contribution in [3.05, 3.63) is 29.6 Å². The SMILES string of the molecule is CCOc1ccc(CN(C)C(=O)CCNC)cc1F. The molecule has 0 radical (unpaired) electrons. The third-order valence-electron chi connectivity index (χ3n) is 2.73. The van der Waals surface area contributed by atoms with Crippen LogP contribution in [0.4, 0.5) is 4.39 Å². The summed E-state index contributed by atoms with van der Waals surface area (Å²) in [6.45, 7) is 3.27. The fraction of sp³-hybridized carbons (Fsp3) is 0.500. The molecule has 19 heavy (non-hydrogen) atoms. The second kappa shape index (κ2) is 7.74. The molecule has 0 saturated carbocycles. The van der Waals surface area contributed by atoms with Crippen LogP contribution < -0.4 is 10.1 Å². The average molecular weight is 268 g/mol. The Hall–Kier alpha value is -1.62. The highest BCUT2D eigenvalue weighted by Crippen LogP contribution is 2.19. The van der Waals surface area contributed by atoms with E-state index < -0.39 is 5.82 Å². The highest BCUT2D eigenvalue weighted by molar-refractivity contribution is 5.76. The summed E-state index contributed by atoms with van der Waals surface area (Å²) >= 11 is 0. The van der Waals surface area contributed by atoms with Crippen LogP contribution in [-0.4, -0.2) is 38.1 Å². The van der Waals surface area contributed by atoms with Crippen molar-refractivity contribution in [2.45, 2.75) is 19.9 Å². The van der Waals surface area contributed by atoms with Crippen molar-refractivity contribution < 1.29 is 13.9 Å². The monoisotopic (exact) mass is 268 g/mol. The molecule has 1 N–H and O–H groups in total. The molecule has 106 valence electrons. The van der Waals surface area contributed by atoms with Crippen molar-refractivity contribution >= 4 is 5.91 Å². The molecule has 5 heteroatoms. The number of halogens is 1. The Morgan fingerprint density at radius 2 is 2.21 bits per heavy atom. The highest BCUT2D eigenvalue weighted by atomic mass is 19.1. The fourth-order valence-corrected chi connectivity index (χ4v) is 1.70. The molecular weight excluding hydrogens is 247 g/mol. The molecule has 1 aromatic carbocycles. The first-order valence-corrected chi connectivity index (χ1v) is 6.38. The summed E-state index contributed by atoms with van der Waals surface area (Å²) < 4.78 is 18.8. The third kappa shape index (κ3) is 4.87. The van der Waals surface area contributed by atoms with Gasteiger partial charge in [0.05, 0.1) is 6.61 Å². The van der Waals surface area contributed by atoms with Crippen molar-refractivity contribution in [3.63, 3.8) is 0 Å². The Morgan fingerprint density at radius 3 is 2.79 bits per heavy atom. The van der Waals surface area contributed by atoms with Gasteiger partial charge in [-0.05, 0) is 31.7 Å². The summed E-state index contributed by atoms with van der Waals surface area (Å²) in [7, 11) is 3.52. The van der Waals surface area contributed by atoms with E-state index >= 15 is 0 Å². The van der Waals surface area contributed by atoms with Crippen LogP contribution in [0.2, 0.25) is 0 Å². The third-order valence-corrected chi connectivity index (χ3v) is 2.73. The molecule has 0 aromatic heterocycles. The first-order chi connectivity index (χ1) is 9.08. The molecule has 0 bridgehead atoms. The maximum absolute atomic E-state index is 13.7. The van der Waals surface area contributed by atoms with Gasteiger partial charge >= 0.3 is 0 Å². The summed E-state index contributed by atoms with van der Waals surface area (Å²) in [6, 6.07) is 4.78. The lowest BCUT2D eigenvalue weighted by atomic mass is 10.2. The lowest BCUT2D eigenvalue weighted by Gasteiger charge is -2.17. The molecule has 0 fully saturated rings. The lowest BCUT2D eigenvalue weighted by Crippen LogP contribution is -2.28. The van der Waals surface area contributed by atoms with Gasteiger partial charge < -0.3 is 15.0 Å². The van der Waals surface area contributed by atoms with Crippen LogP contribution in [0.1, 0.15) is 18.9 Å². The van der Waals surface area contributed by atoms with E-state index in [-0.39, 0.29) is 11.7 Å². The van der Waals surface area contributed by atoms with Crippen LogP contribution >= 0.6 is 0 Å². The van der Waals surface area contributed by atoms with Gasteiger partial charge in [0.15, 0.2) is 11.6 Å². The van der Waals surface area contributed by atoms with Gasteiger partial charge in [-0.3, -0.25) is 4.79 Å². The van der Waals surface area contributed by atoms with E-state index in [0.717, 1.165) is 5.56 Å². The van der Waals surface area contributed by atoms with Gasteiger partial charge in [0.25, 0.3) is 0 Å². The largest absolute Gasteiger partial charge is 0.491 e. The summed E-state index contributed by atoms with van der Waals surface area (Å²) in [5.74, 6) is -0.116. The Kier molecular flexibility index (Phi) is 6.29. The summed E-state index contributed by atoms with van der Waals surface area (Å²) in [5, 5.41) is 2.92. The first-order valence-electron chi connectivity index (χ1n) is 6.38. The lowest BCUT2D eigenvalue weighted by molar-refractivity contribution is -0.130. The van der Waals surface area contributed by atoms with Gasteiger partial charge in [-0.25, -0.2) is 4.39 Å². The minimum Gasteiger partial charge on any atom is -0.491 e. The molecule has 1 rings (SSSR count). The van der Waals surface area contributed by atoms with Crippen molar-refractivity contribution in [2.24, 2.45) is 0 Å².